The Morgan fingerprint density at radius 2 is 1.56 bits per heavy atom. The van der Waals surface area contributed by atoms with E-state index in [-0.39, 0.29) is 5.92 Å². The molecule has 1 unspecified atom stereocenters. The van der Waals surface area contributed by atoms with Crippen LogP contribution in [0.1, 0.15) is 24.0 Å². The topological polar surface area (TPSA) is 34.1 Å². The van der Waals surface area contributed by atoms with Crippen LogP contribution in [0.3, 0.4) is 0 Å². The van der Waals surface area contributed by atoms with Crippen molar-refractivity contribution in [3.05, 3.63) is 59.7 Å². The van der Waals surface area contributed by atoms with Crippen molar-refractivity contribution in [3.8, 4) is 0 Å². The van der Waals surface area contributed by atoms with Crippen LogP contribution in [0.25, 0.3) is 0 Å². The fraction of sp³-hybridized carbons (Fsp3) is 0.200. The SMILES string of the molecule is CC1Cc2ccccc2S(=O)(=O)c2ccccc21. The summed E-state index contributed by atoms with van der Waals surface area (Å²) in [5, 5.41) is 0. The second-order valence-corrected chi connectivity index (χ2v) is 6.64. The van der Waals surface area contributed by atoms with E-state index in [1.807, 2.05) is 24.3 Å². The fourth-order valence-electron chi connectivity index (χ4n) is 2.63. The van der Waals surface area contributed by atoms with Crippen molar-refractivity contribution in [1.82, 2.24) is 0 Å². The number of hydrogen-bond donors (Lipinski definition) is 0. The summed E-state index contributed by atoms with van der Waals surface area (Å²) < 4.78 is 25.3. The summed E-state index contributed by atoms with van der Waals surface area (Å²) in [4.78, 5) is 0.921. The lowest BCUT2D eigenvalue weighted by molar-refractivity contribution is 0.595. The first-order chi connectivity index (χ1) is 8.60. The quantitative estimate of drug-likeness (QED) is 0.727. The molecule has 92 valence electrons. The normalized spacial score (nSPS) is 20.6. The summed E-state index contributed by atoms with van der Waals surface area (Å²) in [6.07, 6.45) is 0.770. The third kappa shape index (κ3) is 1.58. The molecule has 18 heavy (non-hydrogen) atoms. The molecule has 1 aliphatic rings. The van der Waals surface area contributed by atoms with E-state index in [0.29, 0.717) is 9.79 Å². The number of benzene rings is 2. The minimum absolute atomic E-state index is 0.222. The zero-order chi connectivity index (χ0) is 12.8. The Balaban J connectivity index is 2.39. The Morgan fingerprint density at radius 3 is 2.33 bits per heavy atom. The highest BCUT2D eigenvalue weighted by Gasteiger charge is 2.29. The van der Waals surface area contributed by atoms with Crippen molar-refractivity contribution < 1.29 is 8.42 Å². The minimum atomic E-state index is -3.37. The molecule has 2 nitrogen and oxygen atoms in total. The molecule has 0 spiro atoms. The Bertz CT molecular complexity index is 702. The monoisotopic (exact) mass is 258 g/mol. The number of fused-ring (bicyclic) bond motifs is 2. The molecule has 2 aromatic rings. The first-order valence-electron chi connectivity index (χ1n) is 6.02. The summed E-state index contributed by atoms with van der Waals surface area (Å²) >= 11 is 0. The Hall–Kier alpha value is -1.61. The lowest BCUT2D eigenvalue weighted by atomic mass is 9.94. The zero-order valence-electron chi connectivity index (χ0n) is 10.1. The molecule has 1 aliphatic heterocycles. The van der Waals surface area contributed by atoms with E-state index in [1.54, 1.807) is 24.3 Å². The van der Waals surface area contributed by atoms with Gasteiger partial charge < -0.3 is 0 Å². The van der Waals surface area contributed by atoms with Crippen LogP contribution in [-0.2, 0) is 16.3 Å². The average Bonchev–Trinajstić information content (AvgIpc) is 2.46. The van der Waals surface area contributed by atoms with Crippen LogP contribution in [-0.4, -0.2) is 8.42 Å². The third-order valence-corrected chi connectivity index (χ3v) is 5.46. The van der Waals surface area contributed by atoms with Gasteiger partial charge in [0.2, 0.25) is 9.84 Å². The van der Waals surface area contributed by atoms with Crippen molar-refractivity contribution in [2.45, 2.75) is 29.1 Å². The predicted octanol–water partition coefficient (Wildman–Crippen LogP) is 3.18. The second kappa shape index (κ2) is 3.95. The molecular formula is C15H14O2S. The number of sulfone groups is 1. The molecule has 1 heterocycles. The highest BCUT2D eigenvalue weighted by Crippen LogP contribution is 2.36. The van der Waals surface area contributed by atoms with Crippen LogP contribution >= 0.6 is 0 Å². The summed E-state index contributed by atoms with van der Waals surface area (Å²) in [5.74, 6) is 0.222. The summed E-state index contributed by atoms with van der Waals surface area (Å²) in [6, 6.07) is 14.6. The van der Waals surface area contributed by atoms with Gasteiger partial charge in [0, 0.05) is 0 Å². The van der Waals surface area contributed by atoms with E-state index in [1.165, 1.54) is 0 Å². The van der Waals surface area contributed by atoms with E-state index in [9.17, 15) is 8.42 Å². The van der Waals surface area contributed by atoms with E-state index in [0.717, 1.165) is 17.5 Å². The fourth-order valence-corrected chi connectivity index (χ4v) is 4.45. The molecular weight excluding hydrogens is 244 g/mol. The van der Waals surface area contributed by atoms with E-state index in [4.69, 9.17) is 0 Å². The molecule has 3 heteroatoms. The summed E-state index contributed by atoms with van der Waals surface area (Å²) in [6.45, 7) is 2.08. The molecule has 2 aromatic carbocycles. The first-order valence-corrected chi connectivity index (χ1v) is 7.51. The van der Waals surface area contributed by atoms with Crippen molar-refractivity contribution in [1.29, 1.82) is 0 Å². The summed E-state index contributed by atoms with van der Waals surface area (Å²) in [5.41, 5.74) is 1.84. The van der Waals surface area contributed by atoms with Gasteiger partial charge in [0.1, 0.15) is 0 Å². The van der Waals surface area contributed by atoms with Gasteiger partial charge >= 0.3 is 0 Å². The van der Waals surface area contributed by atoms with Crippen LogP contribution in [0.5, 0.6) is 0 Å². The molecule has 0 saturated carbocycles. The molecule has 0 bridgehead atoms. The van der Waals surface area contributed by atoms with E-state index < -0.39 is 9.84 Å². The molecule has 0 aromatic heterocycles. The van der Waals surface area contributed by atoms with Crippen LogP contribution in [0.4, 0.5) is 0 Å². The molecule has 3 rings (SSSR count). The van der Waals surface area contributed by atoms with Gasteiger partial charge in [-0.2, -0.15) is 0 Å². The van der Waals surface area contributed by atoms with Crippen LogP contribution in [0.2, 0.25) is 0 Å². The van der Waals surface area contributed by atoms with Gasteiger partial charge in [-0.15, -0.1) is 0 Å². The number of rotatable bonds is 0. The molecule has 1 atom stereocenters. The van der Waals surface area contributed by atoms with Gasteiger partial charge in [-0.05, 0) is 35.6 Å². The number of hydrogen-bond acceptors (Lipinski definition) is 2. The van der Waals surface area contributed by atoms with Gasteiger partial charge in [0.25, 0.3) is 0 Å². The average molecular weight is 258 g/mol. The Labute approximate surface area is 107 Å². The molecule has 0 amide bonds. The molecule has 0 fully saturated rings. The van der Waals surface area contributed by atoms with Gasteiger partial charge in [-0.3, -0.25) is 0 Å². The highest BCUT2D eigenvalue weighted by atomic mass is 32.2. The molecule has 0 radical (unpaired) electrons. The maximum absolute atomic E-state index is 12.7. The van der Waals surface area contributed by atoms with Crippen LogP contribution < -0.4 is 0 Å². The largest absolute Gasteiger partial charge is 0.218 e. The Kier molecular flexibility index (Phi) is 2.52. The van der Waals surface area contributed by atoms with Crippen LogP contribution in [0, 0.1) is 0 Å². The van der Waals surface area contributed by atoms with Crippen molar-refractivity contribution in [3.63, 3.8) is 0 Å². The smallest absolute Gasteiger partial charge is 0.207 e. The Morgan fingerprint density at radius 1 is 0.944 bits per heavy atom. The second-order valence-electron chi connectivity index (χ2n) is 4.75. The lowest BCUT2D eigenvalue weighted by Gasteiger charge is -2.10. The van der Waals surface area contributed by atoms with Gasteiger partial charge in [0.05, 0.1) is 9.79 Å². The van der Waals surface area contributed by atoms with Crippen molar-refractivity contribution in [2.24, 2.45) is 0 Å². The lowest BCUT2D eigenvalue weighted by Crippen LogP contribution is -2.04. The van der Waals surface area contributed by atoms with Crippen molar-refractivity contribution >= 4 is 9.84 Å². The third-order valence-electron chi connectivity index (χ3n) is 3.53. The highest BCUT2D eigenvalue weighted by molar-refractivity contribution is 7.91. The maximum atomic E-state index is 12.7. The molecule has 0 N–H and O–H groups in total. The molecule has 0 aliphatic carbocycles. The van der Waals surface area contributed by atoms with Crippen molar-refractivity contribution in [2.75, 3.05) is 0 Å². The van der Waals surface area contributed by atoms with E-state index >= 15 is 0 Å². The van der Waals surface area contributed by atoms with Gasteiger partial charge in [-0.25, -0.2) is 8.42 Å². The molecule has 0 saturated heterocycles. The standard InChI is InChI=1S/C15H14O2S/c1-11-10-12-6-2-4-8-14(12)18(16,17)15-9-5-3-7-13(11)15/h2-9,11H,10H2,1H3. The summed E-state index contributed by atoms with van der Waals surface area (Å²) in [7, 11) is -3.37. The zero-order valence-corrected chi connectivity index (χ0v) is 10.9. The maximum Gasteiger partial charge on any atom is 0.207 e. The first kappa shape index (κ1) is 11.5. The van der Waals surface area contributed by atoms with Gasteiger partial charge in [-0.1, -0.05) is 43.3 Å². The van der Waals surface area contributed by atoms with Gasteiger partial charge in [0.15, 0.2) is 0 Å². The van der Waals surface area contributed by atoms with E-state index in [2.05, 4.69) is 6.92 Å². The predicted molar refractivity (Wildman–Crippen MR) is 70.5 cm³/mol. The minimum Gasteiger partial charge on any atom is -0.218 e. The van der Waals surface area contributed by atoms with Crippen LogP contribution in [0.15, 0.2) is 58.3 Å².